The summed E-state index contributed by atoms with van der Waals surface area (Å²) in [7, 11) is 2.96. The smallest absolute Gasteiger partial charge is 0.167 e. The van der Waals surface area contributed by atoms with Crippen molar-refractivity contribution in [3.8, 4) is 40.8 Å². The van der Waals surface area contributed by atoms with Crippen LogP contribution >= 0.6 is 11.6 Å². The Kier molecular flexibility index (Phi) is 8.92. The molecule has 0 saturated carbocycles. The second-order valence-corrected chi connectivity index (χ2v) is 8.43. The van der Waals surface area contributed by atoms with Crippen molar-refractivity contribution in [3.05, 3.63) is 70.6 Å². The molecule has 1 atom stereocenters. The van der Waals surface area contributed by atoms with Gasteiger partial charge in [-0.05, 0) is 55.0 Å². The van der Waals surface area contributed by atoms with E-state index in [1.807, 2.05) is 6.92 Å². The summed E-state index contributed by atoms with van der Waals surface area (Å²) in [5.74, 6) is 2.93. The van der Waals surface area contributed by atoms with Crippen LogP contribution in [0.15, 0.2) is 48.5 Å². The van der Waals surface area contributed by atoms with Crippen LogP contribution in [0.2, 0.25) is 5.02 Å². The van der Waals surface area contributed by atoms with E-state index in [2.05, 4.69) is 10.9 Å². The van der Waals surface area contributed by atoms with E-state index in [9.17, 15) is 14.3 Å². The van der Waals surface area contributed by atoms with Crippen LogP contribution in [0.3, 0.4) is 0 Å². The maximum atomic E-state index is 13.7. The standard InChI is InChI=1S/C28H27ClFNO5/c1-5-15-36-23-10-8-18(17-25(23)35-4)22(32)13-14-28(33,6-2)26-12-11-24(34-3)27(31-26)19-7-9-21(30)20(29)16-19/h2,7-12,16-17,33H,5,13-15H2,1,3-4H3. The van der Waals surface area contributed by atoms with Crippen LogP contribution in [0.5, 0.6) is 17.2 Å². The maximum Gasteiger partial charge on any atom is 0.167 e. The number of ketones is 1. The van der Waals surface area contributed by atoms with Crippen molar-refractivity contribution in [3.63, 3.8) is 0 Å². The number of Topliss-reactive ketones (excluding diaryl/α,β-unsaturated/α-hetero) is 1. The number of benzene rings is 2. The van der Waals surface area contributed by atoms with Crippen LogP contribution in [0.25, 0.3) is 11.3 Å². The number of aromatic nitrogens is 1. The Morgan fingerprint density at radius 3 is 2.47 bits per heavy atom. The van der Waals surface area contributed by atoms with Crippen LogP contribution in [-0.2, 0) is 5.60 Å². The van der Waals surface area contributed by atoms with Gasteiger partial charge in [-0.15, -0.1) is 6.42 Å². The summed E-state index contributed by atoms with van der Waals surface area (Å²) in [5.41, 5.74) is -0.485. The Bertz CT molecular complexity index is 1290. The van der Waals surface area contributed by atoms with Gasteiger partial charge in [0.2, 0.25) is 0 Å². The van der Waals surface area contributed by atoms with Crippen LogP contribution < -0.4 is 14.2 Å². The van der Waals surface area contributed by atoms with Crippen molar-refractivity contribution in [1.29, 1.82) is 0 Å². The van der Waals surface area contributed by atoms with Gasteiger partial charge in [0.05, 0.1) is 31.5 Å². The minimum atomic E-state index is -1.84. The Morgan fingerprint density at radius 1 is 1.11 bits per heavy atom. The number of pyridine rings is 1. The predicted octanol–water partition coefficient (Wildman–Crippen LogP) is 5.83. The number of terminal acetylenes is 1. The maximum absolute atomic E-state index is 13.7. The summed E-state index contributed by atoms with van der Waals surface area (Å²) in [6.07, 6.45) is 6.39. The number of aliphatic hydroxyl groups is 1. The second-order valence-electron chi connectivity index (χ2n) is 8.02. The van der Waals surface area contributed by atoms with Gasteiger partial charge in [0.15, 0.2) is 22.9 Å². The summed E-state index contributed by atoms with van der Waals surface area (Å²) in [6.45, 7) is 2.52. The lowest BCUT2D eigenvalue weighted by atomic mass is 9.91. The summed E-state index contributed by atoms with van der Waals surface area (Å²) < 4.78 is 30.0. The number of methoxy groups -OCH3 is 2. The summed E-state index contributed by atoms with van der Waals surface area (Å²) in [5, 5.41) is 11.2. The molecule has 0 spiro atoms. The lowest BCUT2D eigenvalue weighted by molar-refractivity contribution is 0.0736. The minimum Gasteiger partial charge on any atom is -0.494 e. The Hall–Kier alpha value is -3.60. The Labute approximate surface area is 215 Å². The molecule has 188 valence electrons. The fourth-order valence-electron chi connectivity index (χ4n) is 3.58. The van der Waals surface area contributed by atoms with E-state index in [-0.39, 0.29) is 29.3 Å². The molecule has 8 heteroatoms. The molecule has 0 bridgehead atoms. The van der Waals surface area contributed by atoms with Gasteiger partial charge in [0, 0.05) is 24.0 Å². The molecule has 0 amide bonds. The topological polar surface area (TPSA) is 77.9 Å². The van der Waals surface area contributed by atoms with Gasteiger partial charge in [-0.3, -0.25) is 4.79 Å². The Balaban J connectivity index is 1.85. The third-order valence-electron chi connectivity index (χ3n) is 5.59. The molecule has 0 aliphatic rings. The molecular formula is C28H27ClFNO5. The molecule has 36 heavy (non-hydrogen) atoms. The highest BCUT2D eigenvalue weighted by Gasteiger charge is 2.31. The first-order chi connectivity index (χ1) is 17.3. The third kappa shape index (κ3) is 5.96. The number of carbonyl (C=O) groups excluding carboxylic acids is 1. The first-order valence-electron chi connectivity index (χ1n) is 11.3. The zero-order valence-electron chi connectivity index (χ0n) is 20.3. The third-order valence-corrected chi connectivity index (χ3v) is 5.88. The number of hydrogen-bond donors (Lipinski definition) is 1. The van der Waals surface area contributed by atoms with Gasteiger partial charge in [-0.25, -0.2) is 9.37 Å². The second kappa shape index (κ2) is 11.9. The molecule has 0 radical (unpaired) electrons. The summed E-state index contributed by atoms with van der Waals surface area (Å²) in [6, 6.07) is 12.2. The first-order valence-corrected chi connectivity index (χ1v) is 11.7. The van der Waals surface area contributed by atoms with Gasteiger partial charge in [-0.2, -0.15) is 0 Å². The number of rotatable bonds is 11. The molecule has 1 aromatic heterocycles. The molecule has 1 unspecified atom stereocenters. The van der Waals surface area contributed by atoms with E-state index in [0.29, 0.717) is 40.7 Å². The number of hydrogen-bond acceptors (Lipinski definition) is 6. The molecule has 0 aliphatic carbocycles. The van der Waals surface area contributed by atoms with Gasteiger partial charge in [-0.1, -0.05) is 24.4 Å². The van der Waals surface area contributed by atoms with Gasteiger partial charge in [0.25, 0.3) is 0 Å². The molecule has 6 nitrogen and oxygen atoms in total. The van der Waals surface area contributed by atoms with E-state index in [4.69, 9.17) is 32.2 Å². The average molecular weight is 512 g/mol. The number of halogens is 2. The lowest BCUT2D eigenvalue weighted by Crippen LogP contribution is -2.26. The lowest BCUT2D eigenvalue weighted by Gasteiger charge is -2.23. The summed E-state index contributed by atoms with van der Waals surface area (Å²) >= 11 is 5.94. The number of nitrogens with zero attached hydrogens (tertiary/aromatic N) is 1. The highest BCUT2D eigenvalue weighted by molar-refractivity contribution is 6.31. The monoisotopic (exact) mass is 511 g/mol. The molecule has 3 rings (SSSR count). The Morgan fingerprint density at radius 2 is 1.83 bits per heavy atom. The number of carbonyl (C=O) groups is 1. The predicted molar refractivity (Wildman–Crippen MR) is 136 cm³/mol. The van der Waals surface area contributed by atoms with Crippen LogP contribution in [0.4, 0.5) is 4.39 Å². The SMILES string of the molecule is C#CC(O)(CCC(=O)c1ccc(OCCC)c(OC)c1)c1ccc(OC)c(-c2ccc(F)c(Cl)c2)n1. The van der Waals surface area contributed by atoms with Crippen molar-refractivity contribution in [2.24, 2.45) is 0 Å². The highest BCUT2D eigenvalue weighted by atomic mass is 35.5. The molecule has 1 heterocycles. The average Bonchev–Trinajstić information content (AvgIpc) is 2.91. The first kappa shape index (κ1) is 27.0. The molecule has 0 aliphatic heterocycles. The van der Waals surface area contributed by atoms with Gasteiger partial charge in [0.1, 0.15) is 17.3 Å². The normalized spacial score (nSPS) is 12.4. The minimum absolute atomic E-state index is 0.0512. The fourth-order valence-corrected chi connectivity index (χ4v) is 3.76. The molecule has 0 fully saturated rings. The quantitative estimate of drug-likeness (QED) is 0.258. The van der Waals surface area contributed by atoms with Crippen LogP contribution in [0, 0.1) is 18.2 Å². The van der Waals surface area contributed by atoms with E-state index in [1.54, 1.807) is 24.3 Å². The van der Waals surface area contributed by atoms with Crippen molar-refractivity contribution in [1.82, 2.24) is 4.98 Å². The van der Waals surface area contributed by atoms with Crippen LogP contribution in [0.1, 0.15) is 42.2 Å². The van der Waals surface area contributed by atoms with Crippen molar-refractivity contribution >= 4 is 17.4 Å². The molecule has 1 N–H and O–H groups in total. The molecule has 0 saturated heterocycles. The molecule has 2 aromatic carbocycles. The molecular weight excluding hydrogens is 485 g/mol. The number of ether oxygens (including phenoxy) is 3. The highest BCUT2D eigenvalue weighted by Crippen LogP contribution is 2.35. The van der Waals surface area contributed by atoms with Crippen molar-refractivity contribution in [2.75, 3.05) is 20.8 Å². The fraction of sp³-hybridized carbons (Fsp3) is 0.286. The van der Waals surface area contributed by atoms with E-state index in [0.717, 1.165) is 6.42 Å². The van der Waals surface area contributed by atoms with Crippen molar-refractivity contribution in [2.45, 2.75) is 31.8 Å². The zero-order valence-corrected chi connectivity index (χ0v) is 21.1. The van der Waals surface area contributed by atoms with Crippen molar-refractivity contribution < 1.29 is 28.5 Å². The van der Waals surface area contributed by atoms with E-state index in [1.165, 1.54) is 38.5 Å². The zero-order chi connectivity index (χ0) is 26.3. The van der Waals surface area contributed by atoms with Gasteiger partial charge < -0.3 is 19.3 Å². The summed E-state index contributed by atoms with van der Waals surface area (Å²) in [4.78, 5) is 17.4. The van der Waals surface area contributed by atoms with E-state index < -0.39 is 11.4 Å². The van der Waals surface area contributed by atoms with Gasteiger partial charge >= 0.3 is 0 Å². The van der Waals surface area contributed by atoms with Crippen LogP contribution in [-0.4, -0.2) is 36.7 Å². The van der Waals surface area contributed by atoms with E-state index >= 15 is 0 Å². The largest absolute Gasteiger partial charge is 0.494 e. The molecule has 3 aromatic rings.